The van der Waals surface area contributed by atoms with E-state index in [0.717, 1.165) is 19.5 Å². The second kappa shape index (κ2) is 4.84. The van der Waals surface area contributed by atoms with Crippen LogP contribution in [0.4, 0.5) is 0 Å². The summed E-state index contributed by atoms with van der Waals surface area (Å²) in [5.41, 5.74) is -0.103. The summed E-state index contributed by atoms with van der Waals surface area (Å²) in [6, 6.07) is 5.52. The Labute approximate surface area is 101 Å². The quantitative estimate of drug-likeness (QED) is 0.843. The molecule has 0 spiro atoms. The minimum atomic E-state index is -0.800. The van der Waals surface area contributed by atoms with Crippen molar-refractivity contribution in [2.75, 3.05) is 20.1 Å². The number of rotatable bonds is 2. The normalized spacial score (nSPS) is 26.4. The van der Waals surface area contributed by atoms with Gasteiger partial charge in [-0.25, -0.2) is 0 Å². The third-order valence-electron chi connectivity index (χ3n) is 3.63. The number of carboxylic acids is 1. The van der Waals surface area contributed by atoms with Gasteiger partial charge in [0.15, 0.2) is 0 Å². The Balaban J connectivity index is 2.36. The zero-order valence-corrected chi connectivity index (χ0v) is 10.1. The van der Waals surface area contributed by atoms with E-state index >= 15 is 0 Å². The lowest BCUT2D eigenvalue weighted by Crippen LogP contribution is -2.37. The van der Waals surface area contributed by atoms with Gasteiger partial charge in [0, 0.05) is 6.20 Å². The standard InChI is InChI=1S/C13H18N2O2/c1-15-9-4-6-13(7-10-15,12(16)17)11-5-2-3-8-14-11/h2-3,5,8H,4,6-7,9-10H2,1H3,(H,16,17). The molecule has 0 aliphatic carbocycles. The molecule has 1 atom stereocenters. The highest BCUT2D eigenvalue weighted by atomic mass is 16.4. The summed E-state index contributed by atoms with van der Waals surface area (Å²) in [7, 11) is 2.04. The summed E-state index contributed by atoms with van der Waals surface area (Å²) in [5.74, 6) is -0.744. The first-order valence-corrected chi connectivity index (χ1v) is 5.98. The predicted octanol–water partition coefficient (Wildman–Crippen LogP) is 1.52. The third kappa shape index (κ3) is 2.31. The van der Waals surface area contributed by atoms with Gasteiger partial charge in [-0.2, -0.15) is 0 Å². The number of aliphatic carboxylic acids is 1. The van der Waals surface area contributed by atoms with Crippen molar-refractivity contribution in [1.82, 2.24) is 9.88 Å². The number of hydrogen-bond donors (Lipinski definition) is 1. The first-order valence-electron chi connectivity index (χ1n) is 5.98. The van der Waals surface area contributed by atoms with Gasteiger partial charge in [0.25, 0.3) is 0 Å². The lowest BCUT2D eigenvalue weighted by molar-refractivity contribution is -0.144. The molecule has 0 radical (unpaired) electrons. The molecule has 1 aromatic rings. The zero-order chi connectivity index (χ0) is 12.3. The largest absolute Gasteiger partial charge is 0.481 e. The maximum absolute atomic E-state index is 11.7. The van der Waals surface area contributed by atoms with E-state index in [1.54, 1.807) is 6.20 Å². The molecule has 0 saturated carbocycles. The number of carbonyl (C=O) groups is 1. The summed E-state index contributed by atoms with van der Waals surface area (Å²) >= 11 is 0. The Bertz CT molecular complexity index is 394. The third-order valence-corrected chi connectivity index (χ3v) is 3.63. The van der Waals surface area contributed by atoms with Crippen LogP contribution in [0.25, 0.3) is 0 Å². The molecular weight excluding hydrogens is 216 g/mol. The van der Waals surface area contributed by atoms with Crippen LogP contribution in [-0.2, 0) is 10.2 Å². The Hall–Kier alpha value is -1.42. The molecule has 1 aliphatic rings. The molecule has 2 rings (SSSR count). The van der Waals surface area contributed by atoms with Crippen molar-refractivity contribution in [3.8, 4) is 0 Å². The van der Waals surface area contributed by atoms with Crippen LogP contribution >= 0.6 is 0 Å². The summed E-state index contributed by atoms with van der Waals surface area (Å²) in [6.07, 6.45) is 3.88. The van der Waals surface area contributed by atoms with E-state index in [1.807, 2.05) is 25.2 Å². The highest BCUT2D eigenvalue weighted by molar-refractivity contribution is 5.80. The first kappa shape index (κ1) is 12.0. The fourth-order valence-corrected chi connectivity index (χ4v) is 2.49. The van der Waals surface area contributed by atoms with Gasteiger partial charge in [-0.05, 0) is 51.5 Å². The topological polar surface area (TPSA) is 53.4 Å². The highest BCUT2D eigenvalue weighted by Gasteiger charge is 2.42. The highest BCUT2D eigenvalue weighted by Crippen LogP contribution is 2.34. The molecule has 0 aromatic carbocycles. The molecule has 1 fully saturated rings. The number of hydrogen-bond acceptors (Lipinski definition) is 3. The molecule has 1 N–H and O–H groups in total. The van der Waals surface area contributed by atoms with E-state index in [9.17, 15) is 9.90 Å². The number of carboxylic acid groups (broad SMARTS) is 1. The van der Waals surface area contributed by atoms with Crippen LogP contribution in [0, 0.1) is 0 Å². The fourth-order valence-electron chi connectivity index (χ4n) is 2.49. The molecule has 1 aromatic heterocycles. The van der Waals surface area contributed by atoms with E-state index in [-0.39, 0.29) is 0 Å². The van der Waals surface area contributed by atoms with Crippen molar-refractivity contribution in [2.24, 2.45) is 0 Å². The van der Waals surface area contributed by atoms with E-state index in [1.165, 1.54) is 0 Å². The van der Waals surface area contributed by atoms with Crippen molar-refractivity contribution >= 4 is 5.97 Å². The van der Waals surface area contributed by atoms with E-state index < -0.39 is 11.4 Å². The van der Waals surface area contributed by atoms with Crippen LogP contribution < -0.4 is 0 Å². The smallest absolute Gasteiger partial charge is 0.315 e. The van der Waals surface area contributed by atoms with Crippen molar-refractivity contribution in [1.29, 1.82) is 0 Å². The molecule has 4 heteroatoms. The summed E-state index contributed by atoms with van der Waals surface area (Å²) in [4.78, 5) is 18.1. The minimum Gasteiger partial charge on any atom is -0.481 e. The zero-order valence-electron chi connectivity index (χ0n) is 10.1. The van der Waals surface area contributed by atoms with Gasteiger partial charge >= 0.3 is 5.97 Å². The molecule has 17 heavy (non-hydrogen) atoms. The molecular formula is C13H18N2O2. The monoisotopic (exact) mass is 234 g/mol. The molecule has 0 bridgehead atoms. The van der Waals surface area contributed by atoms with Gasteiger partial charge in [-0.1, -0.05) is 6.07 Å². The van der Waals surface area contributed by atoms with Crippen LogP contribution in [0.1, 0.15) is 25.0 Å². The van der Waals surface area contributed by atoms with Crippen LogP contribution in [0.2, 0.25) is 0 Å². The lowest BCUT2D eigenvalue weighted by atomic mass is 9.77. The van der Waals surface area contributed by atoms with Crippen molar-refractivity contribution in [3.63, 3.8) is 0 Å². The Morgan fingerprint density at radius 2 is 2.24 bits per heavy atom. The second-order valence-corrected chi connectivity index (χ2v) is 4.76. The molecule has 4 nitrogen and oxygen atoms in total. The Morgan fingerprint density at radius 3 is 2.88 bits per heavy atom. The lowest BCUT2D eigenvalue weighted by Gasteiger charge is -2.27. The van der Waals surface area contributed by atoms with Gasteiger partial charge in [0.05, 0.1) is 5.69 Å². The maximum atomic E-state index is 11.7. The fraction of sp³-hybridized carbons (Fsp3) is 0.538. The summed E-state index contributed by atoms with van der Waals surface area (Å²) in [5, 5.41) is 9.59. The predicted molar refractivity (Wildman–Crippen MR) is 64.9 cm³/mol. The number of nitrogens with zero attached hydrogens (tertiary/aromatic N) is 2. The van der Waals surface area contributed by atoms with Crippen LogP contribution in [0.5, 0.6) is 0 Å². The maximum Gasteiger partial charge on any atom is 0.315 e. The minimum absolute atomic E-state index is 0.635. The number of aromatic nitrogens is 1. The van der Waals surface area contributed by atoms with E-state index in [2.05, 4.69) is 9.88 Å². The van der Waals surface area contributed by atoms with Crippen LogP contribution in [0.3, 0.4) is 0 Å². The number of pyridine rings is 1. The molecule has 92 valence electrons. The van der Waals surface area contributed by atoms with Crippen molar-refractivity contribution < 1.29 is 9.90 Å². The SMILES string of the molecule is CN1CCCC(C(=O)O)(c2ccccn2)CC1. The van der Waals surface area contributed by atoms with Crippen LogP contribution in [-0.4, -0.2) is 41.1 Å². The van der Waals surface area contributed by atoms with E-state index in [4.69, 9.17) is 0 Å². The Morgan fingerprint density at radius 1 is 1.41 bits per heavy atom. The average molecular weight is 234 g/mol. The van der Waals surface area contributed by atoms with Crippen molar-refractivity contribution in [2.45, 2.75) is 24.7 Å². The summed E-state index contributed by atoms with van der Waals surface area (Å²) in [6.45, 7) is 1.77. The second-order valence-electron chi connectivity index (χ2n) is 4.76. The molecule has 0 amide bonds. The molecule has 2 heterocycles. The van der Waals surface area contributed by atoms with Gasteiger partial charge in [0.2, 0.25) is 0 Å². The molecule has 1 saturated heterocycles. The van der Waals surface area contributed by atoms with Gasteiger partial charge in [-0.15, -0.1) is 0 Å². The Kier molecular flexibility index (Phi) is 3.43. The first-order chi connectivity index (χ1) is 8.15. The summed E-state index contributed by atoms with van der Waals surface area (Å²) < 4.78 is 0. The number of likely N-dealkylation sites (tertiary alicyclic amines) is 1. The van der Waals surface area contributed by atoms with Gasteiger partial charge < -0.3 is 10.0 Å². The average Bonchev–Trinajstić information content (AvgIpc) is 2.53. The molecule has 1 aliphatic heterocycles. The van der Waals surface area contributed by atoms with E-state index in [0.29, 0.717) is 18.5 Å². The van der Waals surface area contributed by atoms with Crippen molar-refractivity contribution in [3.05, 3.63) is 30.1 Å². The van der Waals surface area contributed by atoms with Crippen LogP contribution in [0.15, 0.2) is 24.4 Å². The van der Waals surface area contributed by atoms with Gasteiger partial charge in [0.1, 0.15) is 5.41 Å². The van der Waals surface area contributed by atoms with Gasteiger partial charge in [-0.3, -0.25) is 9.78 Å². The molecule has 1 unspecified atom stereocenters.